The first-order chi connectivity index (χ1) is 7.93. The van der Waals surface area contributed by atoms with Gasteiger partial charge in [0.15, 0.2) is 0 Å². The van der Waals surface area contributed by atoms with Gasteiger partial charge in [0.05, 0.1) is 4.47 Å². The van der Waals surface area contributed by atoms with Gasteiger partial charge in [-0.2, -0.15) is 0 Å². The van der Waals surface area contributed by atoms with Gasteiger partial charge in [0.2, 0.25) is 5.91 Å². The maximum atomic E-state index is 13.2. The molecule has 1 aromatic rings. The van der Waals surface area contributed by atoms with E-state index in [0.717, 1.165) is 0 Å². The largest absolute Gasteiger partial charge is 0.388 e. The summed E-state index contributed by atoms with van der Waals surface area (Å²) in [6.45, 7) is 1.21. The zero-order chi connectivity index (χ0) is 13.0. The second-order valence-corrected chi connectivity index (χ2v) is 4.39. The van der Waals surface area contributed by atoms with Gasteiger partial charge in [0, 0.05) is 19.0 Å². The number of hydrogen-bond acceptors (Lipinski definition) is 3. The van der Waals surface area contributed by atoms with Crippen molar-refractivity contribution in [3.63, 3.8) is 0 Å². The smallest absolute Gasteiger partial charge is 0.216 e. The summed E-state index contributed by atoms with van der Waals surface area (Å²) >= 11 is 3.00. The van der Waals surface area contributed by atoms with Crippen LogP contribution in [0.2, 0.25) is 0 Å². The summed E-state index contributed by atoms with van der Waals surface area (Å²) in [6.07, 6.45) is -2.47. The van der Waals surface area contributed by atoms with E-state index < -0.39 is 18.0 Å². The normalized spacial score (nSPS) is 14.2. The van der Waals surface area contributed by atoms with Crippen LogP contribution in [-0.2, 0) is 4.79 Å². The van der Waals surface area contributed by atoms with Gasteiger partial charge in [-0.05, 0) is 22.0 Å². The minimum Gasteiger partial charge on any atom is -0.388 e. The number of carbonyl (C=O) groups excluding carboxylic acids is 1. The lowest BCUT2D eigenvalue weighted by atomic mass is 10.0. The van der Waals surface area contributed by atoms with E-state index in [0.29, 0.717) is 0 Å². The van der Waals surface area contributed by atoms with Crippen LogP contribution in [0.15, 0.2) is 22.7 Å². The van der Waals surface area contributed by atoms with Crippen LogP contribution < -0.4 is 5.32 Å². The van der Waals surface area contributed by atoms with Gasteiger partial charge in [-0.1, -0.05) is 12.1 Å². The van der Waals surface area contributed by atoms with E-state index in [1.54, 1.807) is 0 Å². The molecule has 2 atom stereocenters. The Labute approximate surface area is 107 Å². The number of carbonyl (C=O) groups is 1. The maximum absolute atomic E-state index is 13.2. The molecular weight excluding hydrogens is 293 g/mol. The standard InChI is InChI=1S/C11H13BrFNO3/c1-6(15)14-5-9(16)11(17)7-3-2-4-8(13)10(7)12/h2-4,9,11,16-17H,5H2,1H3,(H,14,15). The third-order valence-corrected chi connectivity index (χ3v) is 3.06. The highest BCUT2D eigenvalue weighted by Crippen LogP contribution is 2.27. The maximum Gasteiger partial charge on any atom is 0.216 e. The molecule has 0 fully saturated rings. The molecule has 0 aliphatic heterocycles. The minimum absolute atomic E-state index is 0.0978. The molecule has 2 unspecified atom stereocenters. The molecule has 4 nitrogen and oxygen atoms in total. The van der Waals surface area contributed by atoms with Crippen LogP contribution >= 0.6 is 15.9 Å². The lowest BCUT2D eigenvalue weighted by molar-refractivity contribution is -0.119. The number of benzene rings is 1. The Kier molecular flexibility index (Phi) is 5.04. The number of hydrogen-bond donors (Lipinski definition) is 3. The highest BCUT2D eigenvalue weighted by molar-refractivity contribution is 9.10. The topological polar surface area (TPSA) is 69.6 Å². The number of rotatable bonds is 4. The van der Waals surface area contributed by atoms with Crippen molar-refractivity contribution >= 4 is 21.8 Å². The number of amides is 1. The fourth-order valence-corrected chi connectivity index (χ4v) is 1.81. The van der Waals surface area contributed by atoms with E-state index in [9.17, 15) is 19.4 Å². The Morgan fingerprint density at radius 1 is 1.53 bits per heavy atom. The van der Waals surface area contributed by atoms with Crippen molar-refractivity contribution in [1.29, 1.82) is 0 Å². The molecule has 17 heavy (non-hydrogen) atoms. The summed E-state index contributed by atoms with van der Waals surface area (Å²) in [7, 11) is 0. The fourth-order valence-electron chi connectivity index (χ4n) is 1.32. The third kappa shape index (κ3) is 3.76. The average Bonchev–Trinajstić information content (AvgIpc) is 2.28. The first-order valence-corrected chi connectivity index (χ1v) is 5.77. The molecule has 0 aromatic heterocycles. The number of halogens is 2. The lowest BCUT2D eigenvalue weighted by Crippen LogP contribution is -2.34. The summed E-state index contributed by atoms with van der Waals surface area (Å²) in [4.78, 5) is 10.7. The van der Waals surface area contributed by atoms with Gasteiger partial charge in [-0.3, -0.25) is 4.79 Å². The molecule has 0 radical (unpaired) electrons. The Morgan fingerprint density at radius 3 is 2.76 bits per heavy atom. The van der Waals surface area contributed by atoms with Crippen molar-refractivity contribution < 1.29 is 19.4 Å². The molecule has 0 saturated heterocycles. The highest BCUT2D eigenvalue weighted by Gasteiger charge is 2.21. The molecule has 0 aliphatic rings. The Bertz CT molecular complexity index is 414. The molecule has 3 N–H and O–H groups in total. The van der Waals surface area contributed by atoms with Gasteiger partial charge >= 0.3 is 0 Å². The molecule has 94 valence electrons. The zero-order valence-electron chi connectivity index (χ0n) is 9.15. The first kappa shape index (κ1) is 14.1. The zero-order valence-corrected chi connectivity index (χ0v) is 10.7. The van der Waals surface area contributed by atoms with Crippen LogP contribution in [-0.4, -0.2) is 28.8 Å². The van der Waals surface area contributed by atoms with Crippen molar-refractivity contribution in [2.45, 2.75) is 19.1 Å². The Balaban J connectivity index is 2.77. The molecule has 0 saturated carbocycles. The van der Waals surface area contributed by atoms with E-state index in [1.807, 2.05) is 0 Å². The number of nitrogens with one attached hydrogen (secondary N) is 1. The van der Waals surface area contributed by atoms with Gasteiger partial charge in [0.1, 0.15) is 18.0 Å². The molecule has 0 spiro atoms. The van der Waals surface area contributed by atoms with Gasteiger partial charge < -0.3 is 15.5 Å². The van der Waals surface area contributed by atoms with E-state index in [4.69, 9.17) is 0 Å². The number of aliphatic hydroxyl groups is 2. The van der Waals surface area contributed by atoms with E-state index in [1.165, 1.54) is 25.1 Å². The molecule has 1 aromatic carbocycles. The summed E-state index contributed by atoms with van der Waals surface area (Å²) in [5.74, 6) is -0.831. The summed E-state index contributed by atoms with van der Waals surface area (Å²) in [5, 5.41) is 21.8. The average molecular weight is 306 g/mol. The number of aliphatic hydroxyl groups excluding tert-OH is 2. The molecule has 6 heteroatoms. The summed E-state index contributed by atoms with van der Waals surface area (Å²) < 4.78 is 13.3. The predicted molar refractivity (Wildman–Crippen MR) is 63.8 cm³/mol. The second-order valence-electron chi connectivity index (χ2n) is 3.59. The van der Waals surface area contributed by atoms with Crippen molar-refractivity contribution in [2.75, 3.05) is 6.54 Å². The van der Waals surface area contributed by atoms with Gasteiger partial charge in [0.25, 0.3) is 0 Å². The van der Waals surface area contributed by atoms with Crippen molar-refractivity contribution in [1.82, 2.24) is 5.32 Å². The fraction of sp³-hybridized carbons (Fsp3) is 0.364. The molecule has 0 aliphatic carbocycles. The van der Waals surface area contributed by atoms with Crippen LogP contribution in [0.5, 0.6) is 0 Å². The summed E-state index contributed by atoms with van der Waals surface area (Å²) in [5.41, 5.74) is 0.239. The Morgan fingerprint density at radius 2 is 2.18 bits per heavy atom. The molecule has 0 bridgehead atoms. The SMILES string of the molecule is CC(=O)NCC(O)C(O)c1cccc(F)c1Br. The van der Waals surface area contributed by atoms with E-state index >= 15 is 0 Å². The van der Waals surface area contributed by atoms with Crippen molar-refractivity contribution in [2.24, 2.45) is 0 Å². The monoisotopic (exact) mass is 305 g/mol. The summed E-state index contributed by atoms with van der Waals surface area (Å²) in [6, 6.07) is 4.17. The van der Waals surface area contributed by atoms with E-state index in [-0.39, 0.29) is 22.5 Å². The van der Waals surface area contributed by atoms with Crippen LogP contribution in [0.4, 0.5) is 4.39 Å². The quantitative estimate of drug-likeness (QED) is 0.781. The van der Waals surface area contributed by atoms with Crippen molar-refractivity contribution in [3.8, 4) is 0 Å². The lowest BCUT2D eigenvalue weighted by Gasteiger charge is -2.19. The van der Waals surface area contributed by atoms with Gasteiger partial charge in [-0.15, -0.1) is 0 Å². The van der Waals surface area contributed by atoms with Gasteiger partial charge in [-0.25, -0.2) is 4.39 Å². The molecular formula is C11H13BrFNO3. The van der Waals surface area contributed by atoms with Crippen LogP contribution in [0.25, 0.3) is 0 Å². The van der Waals surface area contributed by atoms with Crippen LogP contribution in [0, 0.1) is 5.82 Å². The third-order valence-electron chi connectivity index (χ3n) is 2.22. The highest BCUT2D eigenvalue weighted by atomic mass is 79.9. The van der Waals surface area contributed by atoms with Crippen molar-refractivity contribution in [3.05, 3.63) is 34.1 Å². The molecule has 1 rings (SSSR count). The molecule has 0 heterocycles. The van der Waals surface area contributed by atoms with Crippen LogP contribution in [0.3, 0.4) is 0 Å². The minimum atomic E-state index is -1.27. The Hall–Kier alpha value is -0.980. The molecule has 1 amide bonds. The van der Waals surface area contributed by atoms with Crippen LogP contribution in [0.1, 0.15) is 18.6 Å². The predicted octanol–water partition coefficient (Wildman–Crippen LogP) is 1.12. The first-order valence-electron chi connectivity index (χ1n) is 4.98. The second kappa shape index (κ2) is 6.09. The van der Waals surface area contributed by atoms with E-state index in [2.05, 4.69) is 21.2 Å².